The quantitative estimate of drug-likeness (QED) is 0.0316. The molecule has 7 heterocycles. The topological polar surface area (TPSA) is 293 Å². The second-order valence-corrected chi connectivity index (χ2v) is 32.9. The number of carbonyl (C=O) groups excluding carboxylic acids is 3. The molecule has 3 saturated carbocycles. The summed E-state index contributed by atoms with van der Waals surface area (Å²) in [6.07, 6.45) is 19.4. The van der Waals surface area contributed by atoms with Crippen LogP contribution in [0.5, 0.6) is 34.5 Å². The maximum Gasteiger partial charge on any atom is 0.387 e. The van der Waals surface area contributed by atoms with E-state index >= 15 is 0 Å². The third-order valence-electron chi connectivity index (χ3n) is 21.8. The number of fused-ring (bicyclic) bond motifs is 3. The zero-order chi connectivity index (χ0) is 89.2. The molecule has 2 unspecified atom stereocenters. The van der Waals surface area contributed by atoms with Crippen LogP contribution in [0.2, 0.25) is 25.1 Å². The van der Waals surface area contributed by atoms with Crippen molar-refractivity contribution in [1.29, 1.82) is 5.26 Å². The Morgan fingerprint density at radius 1 is 0.669 bits per heavy atom. The summed E-state index contributed by atoms with van der Waals surface area (Å²) >= 11 is 43.1. The Morgan fingerprint density at radius 3 is 1.94 bits per heavy atom. The van der Waals surface area contributed by atoms with Crippen molar-refractivity contribution in [1.82, 2.24) is 34.7 Å². The Hall–Kier alpha value is -10.0. The predicted octanol–water partition coefficient (Wildman–Crippen LogP) is 23.6. The number of furan rings is 1. The van der Waals surface area contributed by atoms with Crippen LogP contribution in [0.4, 0.5) is 8.78 Å². The largest absolute Gasteiger partial charge is 0.497 e. The van der Waals surface area contributed by atoms with E-state index in [0.717, 1.165) is 93.3 Å². The molecule has 659 valence electrons. The number of allylic oxidation sites excluding steroid dienone is 1. The monoisotopic (exact) mass is 1940 g/mol. The first kappa shape index (κ1) is 99.1. The molecule has 16 rings (SSSR count). The minimum absolute atomic E-state index is 0. The van der Waals surface area contributed by atoms with Crippen LogP contribution in [0.1, 0.15) is 151 Å². The number of alkyl halides is 3. The van der Waals surface area contributed by atoms with Gasteiger partial charge >= 0.3 is 18.3 Å². The number of hydrogen-bond donors (Lipinski definition) is 1. The average molecular weight is 1940 g/mol. The van der Waals surface area contributed by atoms with E-state index in [1.807, 2.05) is 111 Å². The van der Waals surface area contributed by atoms with Gasteiger partial charge < -0.3 is 45.4 Å². The molecule has 32 heteroatoms. The fraction of sp³-hybridized carbons (Fsp3) is 0.305. The Kier molecular flexibility index (Phi) is 36.1. The molecule has 6 aromatic heterocycles. The molecule has 1 N–H and O–H groups in total. The number of aryl methyl sites for hydroxylation is 2. The number of halogens is 9. The summed E-state index contributed by atoms with van der Waals surface area (Å²) in [7, 11) is 4.76. The summed E-state index contributed by atoms with van der Waals surface area (Å²) in [5, 5.41) is 33.6. The number of aliphatic carboxylic acids is 1. The summed E-state index contributed by atoms with van der Waals surface area (Å²) in [6.45, 7) is 3.32. The number of aliphatic imine (C=N–C) groups is 1. The first-order valence-corrected chi connectivity index (χ1v) is 43.0. The Bertz CT molecular complexity index is 6080. The predicted molar refractivity (Wildman–Crippen MR) is 488 cm³/mol. The van der Waals surface area contributed by atoms with Crippen molar-refractivity contribution in [3.63, 3.8) is 0 Å². The molecule has 0 saturated heterocycles. The molecule has 0 amide bonds. The number of aromatic nitrogens is 7. The van der Waals surface area contributed by atoms with Crippen molar-refractivity contribution >= 4 is 144 Å². The molecule has 1 radical (unpaired) electrons. The number of carboxylic acid groups (broad SMARTS) is 1. The minimum atomic E-state index is -2.98. The van der Waals surface area contributed by atoms with Gasteiger partial charge in [-0.25, -0.2) is 9.78 Å². The fourth-order valence-corrected chi connectivity index (χ4v) is 16.5. The van der Waals surface area contributed by atoms with Crippen LogP contribution >= 0.6 is 81.2 Å². The van der Waals surface area contributed by atoms with Gasteiger partial charge in [-0.15, -0.1) is 16.7 Å². The van der Waals surface area contributed by atoms with Crippen LogP contribution in [-0.2, 0) is 68.7 Å². The zero-order valence-electron chi connectivity index (χ0n) is 70.4. The first-order valence-electron chi connectivity index (χ1n) is 40.3. The van der Waals surface area contributed by atoms with E-state index in [1.165, 1.54) is 63.7 Å². The molecule has 127 heavy (non-hydrogen) atoms. The van der Waals surface area contributed by atoms with E-state index < -0.39 is 23.4 Å². The number of carbonyl (C=O) groups is 4. The summed E-state index contributed by atoms with van der Waals surface area (Å²) < 4.78 is 64.6. The molecule has 4 aliphatic rings. The van der Waals surface area contributed by atoms with Crippen LogP contribution in [0, 0.1) is 36.5 Å². The Labute approximate surface area is 793 Å². The molecule has 6 aromatic carbocycles. The van der Waals surface area contributed by atoms with Crippen LogP contribution in [0.3, 0.4) is 0 Å². The van der Waals surface area contributed by atoms with Gasteiger partial charge in [0.25, 0.3) is 0 Å². The second-order valence-electron chi connectivity index (χ2n) is 29.9. The number of rotatable bonds is 25. The van der Waals surface area contributed by atoms with Gasteiger partial charge in [0.15, 0.2) is 57.4 Å². The van der Waals surface area contributed by atoms with Crippen molar-refractivity contribution in [3.8, 4) is 63.1 Å². The fourth-order valence-electron chi connectivity index (χ4n) is 14.7. The van der Waals surface area contributed by atoms with Gasteiger partial charge in [0.05, 0.1) is 88.3 Å². The number of nitrogens with zero attached hydrogens (tertiary/aromatic N) is 9. The number of carboxylic acids is 1. The van der Waals surface area contributed by atoms with E-state index in [4.69, 9.17) is 109 Å². The molecular formula is C95H89Cl7F2N9O13Y-. The number of hydrogen-bond acceptors (Lipinski definition) is 20. The maximum atomic E-state index is 12.8. The maximum absolute atomic E-state index is 12.8. The van der Waals surface area contributed by atoms with Crippen LogP contribution < -0.4 is 34.1 Å². The van der Waals surface area contributed by atoms with Crippen molar-refractivity contribution in [2.75, 3.05) is 27.9 Å². The number of ketones is 3. The number of ether oxygens (including phenoxy) is 6. The second kappa shape index (κ2) is 46.3. The van der Waals surface area contributed by atoms with Gasteiger partial charge in [-0.1, -0.05) is 125 Å². The van der Waals surface area contributed by atoms with Crippen LogP contribution in [0.25, 0.3) is 55.3 Å². The minimum Gasteiger partial charge on any atom is -0.497 e. The number of benzene rings is 6. The molecule has 3 aliphatic carbocycles. The van der Waals surface area contributed by atoms with E-state index in [0.29, 0.717) is 128 Å². The van der Waals surface area contributed by atoms with Gasteiger partial charge in [-0.3, -0.25) is 38.7 Å². The molecule has 0 spiro atoms. The molecule has 3 fully saturated rings. The van der Waals surface area contributed by atoms with Gasteiger partial charge in [0, 0.05) is 174 Å². The molecule has 12 aromatic rings. The van der Waals surface area contributed by atoms with Crippen molar-refractivity contribution in [3.05, 3.63) is 264 Å². The summed E-state index contributed by atoms with van der Waals surface area (Å²) in [4.78, 5) is 81.2. The van der Waals surface area contributed by atoms with Crippen LogP contribution in [-0.4, -0.2) is 115 Å². The third-order valence-corrected chi connectivity index (χ3v) is 24.1. The van der Waals surface area contributed by atoms with Gasteiger partial charge in [0.1, 0.15) is 17.1 Å². The number of nitriles is 1. The number of Topliss-reactive ketones (excluding diaryl/α,β-unsaturated/α-hetero) is 3. The standard InChI is InChI=1S/C21H15Cl2N3O.C20H25NO4.C18H15Cl2F2NO3.C18H15Cl2NO4.C17H16ClN3O.CH3.Y/c1-27-14-7-8-15-16(9-14)21(13-5-3-2-4-6-13)26-25-20(15)10-17-18(22)11-24-12-19(17)23;1-24-17-7-6-15(12-18(17)25-16-4-2-3-5-16)20(13-21)10-8-14(9-11-20)19(22)23;19-13-7-23-8-14(20)12(13)6-15(24)11-3-4-16(26-18(21)22)17(5-11)25-9-10-1-2-10;1-9(22)17-6-11-10(3-4-16(24-2)18(11)25-17)15(23)5-12-13(19)7-21-8-14(12)20;1-3-13-8-9-14-15(11-6-5-7-12(18)10-11)20-17(22)21(4-2)16(14)19-13;;/h2-9,11-12H,10H2,1H3;6-7,12,14,16H,2-5,8-11H2,1H3,(H,22,23);3-5,7-8,10,18H,1-2,6,9H2;3-4,6-8,12-13H,5H2,1-2H3;5-10H,3-4H2,1-2H3;1H3;/q;;;;;-1;. The average Bonchev–Trinajstić information content (AvgIpc) is 1.77. The van der Waals surface area contributed by atoms with Crippen molar-refractivity contribution in [2.45, 2.75) is 141 Å². The summed E-state index contributed by atoms with van der Waals surface area (Å²) in [6, 6.07) is 44.3. The van der Waals surface area contributed by atoms with E-state index in [-0.39, 0.29) is 121 Å². The van der Waals surface area contributed by atoms with E-state index in [1.54, 1.807) is 61.7 Å². The van der Waals surface area contributed by atoms with Crippen molar-refractivity contribution < 1.29 is 98.6 Å². The number of pyridine rings is 3. The van der Waals surface area contributed by atoms with Gasteiger partial charge in [0.2, 0.25) is 0 Å². The summed E-state index contributed by atoms with van der Waals surface area (Å²) in [5.41, 5.74) is 8.01. The summed E-state index contributed by atoms with van der Waals surface area (Å²) in [5.74, 6) is 1.11. The van der Waals surface area contributed by atoms with E-state index in [2.05, 4.69) is 45.9 Å². The third kappa shape index (κ3) is 24.9. The SMILES string of the molecule is CCc1ccc2c(-c3cccc(Cl)c3)nc(=O)n(CC)c2n1.COc1ccc(C(=O)CC2C(Cl)=CN=CC2Cl)c2cc(C(C)=O)oc12.COc1ccc(C2(C#N)CCC(C(=O)O)CC2)cc1OC1CCCC1.COc1ccc2c(Cc3c(Cl)cncc3Cl)nnc(-c3ccccc3)c2c1.O=C(Cc1c(Cl)cncc1Cl)c1ccc(OC(F)F)c(OCC2CC2)c1.[CH3-].[Y]. The van der Waals surface area contributed by atoms with E-state index in [9.17, 15) is 43.1 Å². The molecular weight excluding hydrogens is 1850 g/mol. The van der Waals surface area contributed by atoms with Gasteiger partial charge in [-0.2, -0.15) is 24.1 Å². The Balaban J connectivity index is 0.000000165. The molecule has 1 aliphatic heterocycles. The molecule has 22 nitrogen and oxygen atoms in total. The van der Waals surface area contributed by atoms with Gasteiger partial charge in [-0.05, 0) is 186 Å². The molecule has 2 atom stereocenters. The smallest absolute Gasteiger partial charge is 0.387 e. The Morgan fingerprint density at radius 2 is 1.33 bits per heavy atom. The molecule has 0 bridgehead atoms. The van der Waals surface area contributed by atoms with Crippen molar-refractivity contribution in [2.24, 2.45) is 22.7 Å². The normalized spacial score (nSPS) is 16.2. The zero-order valence-corrected chi connectivity index (χ0v) is 78.5. The van der Waals surface area contributed by atoms with Crippen LogP contribution in [0.15, 0.2) is 190 Å². The first-order chi connectivity index (χ1) is 60.2. The number of methoxy groups -OCH3 is 3.